The number of carbonyl (C=O) groups excluding carboxylic acids is 2. The van der Waals surface area contributed by atoms with Crippen molar-refractivity contribution in [3.63, 3.8) is 0 Å². The molecule has 2 aromatic carbocycles. The van der Waals surface area contributed by atoms with Crippen LogP contribution in [-0.2, 0) is 16.0 Å². The van der Waals surface area contributed by atoms with Crippen molar-refractivity contribution in [2.45, 2.75) is 50.3 Å². The van der Waals surface area contributed by atoms with Crippen LogP contribution in [0.3, 0.4) is 0 Å². The quantitative estimate of drug-likeness (QED) is 0.365. The molecule has 4 heterocycles. The molecule has 6 rings (SSSR count). The van der Waals surface area contributed by atoms with Gasteiger partial charge in [0, 0.05) is 74.9 Å². The van der Waals surface area contributed by atoms with E-state index < -0.39 is 12.2 Å². The van der Waals surface area contributed by atoms with E-state index in [9.17, 15) is 14.4 Å². The number of hydrogen-bond donors (Lipinski definition) is 2. The Labute approximate surface area is 272 Å². The monoisotopic (exact) mass is 677 g/mol. The number of piperazine rings is 1. The van der Waals surface area contributed by atoms with Crippen LogP contribution in [0.4, 0.5) is 4.79 Å². The van der Waals surface area contributed by atoms with Crippen LogP contribution >= 0.6 is 15.9 Å². The number of piperidine rings is 2. The third-order valence-electron chi connectivity index (χ3n) is 9.38. The number of ether oxygens (including phenoxy) is 1. The maximum absolute atomic E-state index is 13.9. The lowest BCUT2D eigenvalue weighted by molar-refractivity contribution is -0.142. The smallest absolute Gasteiger partial charge is 0.410 e. The van der Waals surface area contributed by atoms with Crippen molar-refractivity contribution >= 4 is 41.2 Å². The fourth-order valence-corrected chi connectivity index (χ4v) is 7.08. The van der Waals surface area contributed by atoms with Crippen molar-refractivity contribution in [2.75, 3.05) is 52.4 Å². The van der Waals surface area contributed by atoms with E-state index >= 15 is 0 Å². The van der Waals surface area contributed by atoms with Gasteiger partial charge in [-0.05, 0) is 37.3 Å². The average Bonchev–Trinajstić information content (AvgIpc) is 3.48. The molecule has 0 aliphatic carbocycles. The average molecular weight is 678 g/mol. The minimum atomic E-state index is -0.914. The lowest BCUT2D eigenvalue weighted by Gasteiger charge is -2.41. The van der Waals surface area contributed by atoms with Gasteiger partial charge in [0.2, 0.25) is 0 Å². The number of benzene rings is 2. The van der Waals surface area contributed by atoms with Crippen LogP contribution in [0.25, 0.3) is 11.4 Å². The van der Waals surface area contributed by atoms with Crippen LogP contribution in [0.5, 0.6) is 0 Å². The zero-order chi connectivity index (χ0) is 31.3. The first-order valence-corrected chi connectivity index (χ1v) is 16.8. The Balaban J connectivity index is 1.09. The number of amides is 2. The highest BCUT2D eigenvalue weighted by Crippen LogP contribution is 2.24. The Morgan fingerprint density at radius 3 is 2.29 bits per heavy atom. The van der Waals surface area contributed by atoms with Gasteiger partial charge in [0.05, 0.1) is 6.04 Å². The van der Waals surface area contributed by atoms with Gasteiger partial charge in [-0.1, -0.05) is 63.9 Å². The Hall–Kier alpha value is -3.42. The largest absolute Gasteiger partial charge is 0.436 e. The van der Waals surface area contributed by atoms with E-state index in [1.165, 1.54) is 4.68 Å². The van der Waals surface area contributed by atoms with Crippen LogP contribution in [-0.4, -0.2) is 114 Å². The zero-order valence-corrected chi connectivity index (χ0v) is 27.4. The standard InChI is InChI=1S/C32H41BBrN7O4/c33-26-7-6-22(20-27(26)34)21-28(30(42)39-14-8-24(9-15-39)38-18-12-35-13-19-38)45-32(44)40-16-10-25(11-17-40)41-31(43)36-29(37-41)23-4-2-1-3-5-23/h1-7,20,24-25,28,35H,8-19,21,33H2,(H,36,37,43)/t28-/m1/s1. The topological polar surface area (TPSA) is 116 Å². The Morgan fingerprint density at radius 1 is 0.933 bits per heavy atom. The molecule has 3 aromatic rings. The number of nitrogens with zero attached hydrogens (tertiary/aromatic N) is 5. The van der Waals surface area contributed by atoms with Crippen LogP contribution in [0.1, 0.15) is 37.3 Å². The molecule has 0 spiro atoms. The first kappa shape index (κ1) is 31.6. The van der Waals surface area contributed by atoms with Crippen LogP contribution in [0.2, 0.25) is 0 Å². The summed E-state index contributed by atoms with van der Waals surface area (Å²) in [6.07, 6.45) is 1.89. The number of rotatable bonds is 7. The molecule has 238 valence electrons. The van der Waals surface area contributed by atoms with Gasteiger partial charge in [-0.15, -0.1) is 5.10 Å². The molecule has 3 aliphatic rings. The number of H-pyrrole nitrogens is 1. The summed E-state index contributed by atoms with van der Waals surface area (Å²) in [6.45, 7) is 6.25. The Kier molecular flexibility index (Phi) is 10.1. The molecule has 45 heavy (non-hydrogen) atoms. The molecule has 2 N–H and O–H groups in total. The lowest BCUT2D eigenvalue weighted by Crippen LogP contribution is -2.54. The molecule has 2 amide bonds. The van der Waals surface area contributed by atoms with Crippen molar-refractivity contribution < 1.29 is 14.3 Å². The van der Waals surface area contributed by atoms with E-state index in [1.54, 1.807) is 4.90 Å². The predicted octanol–water partition coefficient (Wildman–Crippen LogP) is 1.54. The van der Waals surface area contributed by atoms with Gasteiger partial charge < -0.3 is 19.9 Å². The molecule has 0 bridgehead atoms. The second kappa shape index (κ2) is 14.3. The van der Waals surface area contributed by atoms with E-state index in [4.69, 9.17) is 4.74 Å². The molecule has 13 heteroatoms. The number of halogens is 1. The fraction of sp³-hybridized carbons (Fsp3) is 0.500. The molecule has 3 fully saturated rings. The molecular formula is C32H41BBrN7O4. The molecule has 1 atom stereocenters. The number of carbonyl (C=O) groups is 2. The maximum atomic E-state index is 13.9. The molecule has 0 radical (unpaired) electrons. The number of likely N-dealkylation sites (tertiary alicyclic amines) is 2. The van der Waals surface area contributed by atoms with Gasteiger partial charge in [0.15, 0.2) is 11.9 Å². The van der Waals surface area contributed by atoms with Crippen molar-refractivity contribution in [2.24, 2.45) is 0 Å². The minimum Gasteiger partial charge on any atom is -0.436 e. The van der Waals surface area contributed by atoms with Crippen LogP contribution < -0.4 is 16.5 Å². The first-order valence-electron chi connectivity index (χ1n) is 16.0. The maximum Gasteiger partial charge on any atom is 0.410 e. The lowest BCUT2D eigenvalue weighted by atomic mass is 9.94. The SMILES string of the molecule is Bc1ccc(C[C@@H](OC(=O)N2CCC(n3nc(-c4ccccc4)[nH]c3=O)CC2)C(=O)N2CCC(N3CCNCC3)CC2)cc1Br. The van der Waals surface area contributed by atoms with Crippen molar-refractivity contribution in [3.8, 4) is 11.4 Å². The van der Waals surface area contributed by atoms with Crippen LogP contribution in [0.15, 0.2) is 57.8 Å². The summed E-state index contributed by atoms with van der Waals surface area (Å²) in [5.74, 6) is 0.397. The summed E-state index contributed by atoms with van der Waals surface area (Å²) >= 11 is 3.60. The molecular weight excluding hydrogens is 637 g/mol. The van der Waals surface area contributed by atoms with E-state index in [-0.39, 0.29) is 17.6 Å². The number of hydrogen-bond acceptors (Lipinski definition) is 7. The van der Waals surface area contributed by atoms with Gasteiger partial charge in [0.1, 0.15) is 7.85 Å². The van der Waals surface area contributed by atoms with E-state index in [1.807, 2.05) is 61.3 Å². The van der Waals surface area contributed by atoms with Gasteiger partial charge in [-0.25, -0.2) is 14.3 Å². The normalized spacial score (nSPS) is 19.4. The summed E-state index contributed by atoms with van der Waals surface area (Å²) in [5.41, 5.74) is 2.62. The number of nitrogens with one attached hydrogen (secondary N) is 2. The molecule has 3 saturated heterocycles. The molecule has 0 unspecified atom stereocenters. The van der Waals surface area contributed by atoms with E-state index in [0.717, 1.165) is 60.1 Å². The highest BCUT2D eigenvalue weighted by Gasteiger charge is 2.35. The molecule has 3 aliphatic heterocycles. The number of aromatic nitrogens is 3. The van der Waals surface area contributed by atoms with Gasteiger partial charge in [-0.2, -0.15) is 0 Å². The zero-order valence-electron chi connectivity index (χ0n) is 25.8. The summed E-state index contributed by atoms with van der Waals surface area (Å²) in [5, 5.41) is 7.96. The third kappa shape index (κ3) is 7.53. The van der Waals surface area contributed by atoms with E-state index in [0.29, 0.717) is 57.3 Å². The van der Waals surface area contributed by atoms with Crippen molar-refractivity contribution in [1.29, 1.82) is 0 Å². The first-order chi connectivity index (χ1) is 21.9. The highest BCUT2D eigenvalue weighted by atomic mass is 79.9. The number of aromatic amines is 1. The highest BCUT2D eigenvalue weighted by molar-refractivity contribution is 9.10. The van der Waals surface area contributed by atoms with Crippen molar-refractivity contribution in [1.82, 2.24) is 34.8 Å². The molecule has 11 nitrogen and oxygen atoms in total. The molecule has 0 saturated carbocycles. The summed E-state index contributed by atoms with van der Waals surface area (Å²) in [7, 11) is 2.02. The summed E-state index contributed by atoms with van der Waals surface area (Å²) in [6, 6.07) is 15.9. The van der Waals surface area contributed by atoms with Gasteiger partial charge >= 0.3 is 11.8 Å². The summed E-state index contributed by atoms with van der Waals surface area (Å²) < 4.78 is 8.48. The fourth-order valence-electron chi connectivity index (χ4n) is 6.66. The second-order valence-electron chi connectivity index (χ2n) is 12.3. The van der Waals surface area contributed by atoms with Gasteiger partial charge in [0.25, 0.3) is 5.91 Å². The third-order valence-corrected chi connectivity index (χ3v) is 10.2. The predicted molar refractivity (Wildman–Crippen MR) is 178 cm³/mol. The Morgan fingerprint density at radius 2 is 1.60 bits per heavy atom. The summed E-state index contributed by atoms with van der Waals surface area (Å²) in [4.78, 5) is 49.0. The second-order valence-corrected chi connectivity index (χ2v) is 13.2. The Bertz CT molecular complexity index is 1530. The molecule has 1 aromatic heterocycles. The van der Waals surface area contributed by atoms with Gasteiger partial charge in [-0.3, -0.25) is 14.7 Å². The van der Waals surface area contributed by atoms with Crippen molar-refractivity contribution in [3.05, 3.63) is 69.1 Å². The minimum absolute atomic E-state index is 0.130. The van der Waals surface area contributed by atoms with Crippen LogP contribution in [0, 0.1) is 0 Å². The van der Waals surface area contributed by atoms with E-state index in [2.05, 4.69) is 36.2 Å².